The third-order valence-corrected chi connectivity index (χ3v) is 11.0. The Morgan fingerprint density at radius 3 is 0.967 bits per heavy atom. The van der Waals surface area contributed by atoms with Crippen molar-refractivity contribution >= 4 is 51.2 Å². The first-order valence-corrected chi connectivity index (χ1v) is 20.6. The Hall–Kier alpha value is -7.62. The number of anilines is 9. The lowest BCUT2D eigenvalue weighted by molar-refractivity contribution is 1.23. The normalized spacial score (nSPS) is 10.9. The van der Waals surface area contributed by atoms with Crippen LogP contribution in [0.25, 0.3) is 22.3 Å². The quantitative estimate of drug-likeness (QED) is 0.130. The maximum absolute atomic E-state index is 2.40. The number of para-hydroxylation sites is 2. The van der Waals surface area contributed by atoms with E-state index >= 15 is 0 Å². The average molecular weight is 774 g/mol. The Bertz CT molecular complexity index is 2660. The average Bonchev–Trinajstić information content (AvgIpc) is 3.29. The minimum absolute atomic E-state index is 1.04. The summed E-state index contributed by atoms with van der Waals surface area (Å²) in [6, 6.07) is 83.1. The Labute approximate surface area is 354 Å². The first kappa shape index (κ1) is 37.9. The molecule has 0 aliphatic heterocycles. The molecule has 0 aromatic heterocycles. The smallest absolute Gasteiger partial charge is 0.0560 e. The summed E-state index contributed by atoms with van der Waals surface area (Å²) in [6.07, 6.45) is 0. The van der Waals surface area contributed by atoms with Gasteiger partial charge in [0.25, 0.3) is 0 Å². The van der Waals surface area contributed by atoms with Crippen molar-refractivity contribution in [1.82, 2.24) is 0 Å². The van der Waals surface area contributed by atoms with Gasteiger partial charge in [-0.15, -0.1) is 0 Å². The molecule has 9 aromatic rings. The summed E-state index contributed by atoms with van der Waals surface area (Å²) in [6.45, 7) is 6.46. The highest BCUT2D eigenvalue weighted by molar-refractivity contribution is 5.95. The van der Waals surface area contributed by atoms with Gasteiger partial charge in [-0.3, -0.25) is 0 Å². The van der Waals surface area contributed by atoms with Gasteiger partial charge in [-0.2, -0.15) is 0 Å². The zero-order valence-electron chi connectivity index (χ0n) is 34.3. The van der Waals surface area contributed by atoms with Gasteiger partial charge in [0, 0.05) is 50.9 Å². The van der Waals surface area contributed by atoms with E-state index in [0.29, 0.717) is 0 Å². The molecule has 0 aliphatic rings. The van der Waals surface area contributed by atoms with Crippen molar-refractivity contribution in [2.75, 3.05) is 14.7 Å². The summed E-state index contributed by atoms with van der Waals surface area (Å²) in [5.41, 5.74) is 17.9. The SMILES string of the molecule is Cc1ccc(N(c2ccc(-c3ccccc3)c(N(c3ccccc3)c3cccc(C)c3)c2)c2ccc(-c3ccccc3)c(N(c3ccccc3)c3cccc(C)c3)c2)cc1. The molecule has 0 spiro atoms. The van der Waals surface area contributed by atoms with E-state index < -0.39 is 0 Å². The molecule has 60 heavy (non-hydrogen) atoms. The Kier molecular flexibility index (Phi) is 10.8. The van der Waals surface area contributed by atoms with Crippen LogP contribution in [0.3, 0.4) is 0 Å². The van der Waals surface area contributed by atoms with Gasteiger partial charge in [0.2, 0.25) is 0 Å². The number of benzene rings is 9. The lowest BCUT2D eigenvalue weighted by Gasteiger charge is -2.33. The number of rotatable bonds is 11. The second kappa shape index (κ2) is 17.1. The second-order valence-electron chi connectivity index (χ2n) is 15.3. The minimum atomic E-state index is 1.04. The summed E-state index contributed by atoms with van der Waals surface area (Å²) in [7, 11) is 0. The molecule has 0 aliphatic carbocycles. The maximum atomic E-state index is 2.40. The molecular formula is C57H47N3. The van der Waals surface area contributed by atoms with E-state index in [1.807, 2.05) is 0 Å². The zero-order valence-corrected chi connectivity index (χ0v) is 34.3. The molecular weight excluding hydrogens is 727 g/mol. The number of nitrogens with zero attached hydrogens (tertiary/aromatic N) is 3. The van der Waals surface area contributed by atoms with Crippen LogP contribution in [-0.4, -0.2) is 0 Å². The molecule has 0 atom stereocenters. The number of aryl methyl sites for hydroxylation is 3. The van der Waals surface area contributed by atoms with Crippen LogP contribution in [-0.2, 0) is 0 Å². The molecule has 0 radical (unpaired) electrons. The van der Waals surface area contributed by atoms with Crippen LogP contribution in [0.15, 0.2) is 231 Å². The molecule has 3 heteroatoms. The van der Waals surface area contributed by atoms with Crippen molar-refractivity contribution in [3.63, 3.8) is 0 Å². The van der Waals surface area contributed by atoms with E-state index in [1.165, 1.54) is 16.7 Å². The largest absolute Gasteiger partial charge is 0.310 e. The molecule has 0 bridgehead atoms. The molecule has 3 nitrogen and oxygen atoms in total. The monoisotopic (exact) mass is 773 g/mol. The Balaban J connectivity index is 1.31. The molecule has 0 fully saturated rings. The third-order valence-electron chi connectivity index (χ3n) is 11.0. The number of hydrogen-bond donors (Lipinski definition) is 0. The van der Waals surface area contributed by atoms with Crippen molar-refractivity contribution in [2.45, 2.75) is 20.8 Å². The second-order valence-corrected chi connectivity index (χ2v) is 15.3. The van der Waals surface area contributed by atoms with Gasteiger partial charge in [0.15, 0.2) is 0 Å². The van der Waals surface area contributed by atoms with Crippen LogP contribution in [0.5, 0.6) is 0 Å². The third kappa shape index (κ3) is 7.94. The van der Waals surface area contributed by atoms with Crippen molar-refractivity contribution in [3.8, 4) is 22.3 Å². The van der Waals surface area contributed by atoms with Gasteiger partial charge in [-0.25, -0.2) is 0 Å². The van der Waals surface area contributed by atoms with Gasteiger partial charge in [-0.05, 0) is 128 Å². The molecule has 9 rings (SSSR count). The van der Waals surface area contributed by atoms with Gasteiger partial charge < -0.3 is 14.7 Å². The van der Waals surface area contributed by atoms with Crippen molar-refractivity contribution in [2.24, 2.45) is 0 Å². The predicted octanol–water partition coefficient (Wildman–Crippen LogP) is 16.4. The highest BCUT2D eigenvalue weighted by Crippen LogP contribution is 2.48. The van der Waals surface area contributed by atoms with Crippen molar-refractivity contribution in [1.29, 1.82) is 0 Å². The minimum Gasteiger partial charge on any atom is -0.310 e. The fourth-order valence-corrected chi connectivity index (χ4v) is 8.10. The van der Waals surface area contributed by atoms with Crippen molar-refractivity contribution in [3.05, 3.63) is 247 Å². The van der Waals surface area contributed by atoms with Crippen LogP contribution >= 0.6 is 0 Å². The van der Waals surface area contributed by atoms with Crippen LogP contribution in [0.4, 0.5) is 51.2 Å². The highest BCUT2D eigenvalue weighted by atomic mass is 15.2. The fraction of sp³-hybridized carbons (Fsp3) is 0.0526. The van der Waals surface area contributed by atoms with Crippen LogP contribution in [0, 0.1) is 20.8 Å². The fourth-order valence-electron chi connectivity index (χ4n) is 8.10. The van der Waals surface area contributed by atoms with E-state index in [4.69, 9.17) is 0 Å². The lowest BCUT2D eigenvalue weighted by Crippen LogP contribution is -2.16. The summed E-state index contributed by atoms with van der Waals surface area (Å²) in [4.78, 5) is 7.19. The van der Waals surface area contributed by atoms with Crippen LogP contribution < -0.4 is 14.7 Å². The van der Waals surface area contributed by atoms with Crippen molar-refractivity contribution < 1.29 is 0 Å². The first-order valence-electron chi connectivity index (χ1n) is 20.6. The van der Waals surface area contributed by atoms with Gasteiger partial charge in [-0.1, -0.05) is 151 Å². The standard InChI is InChI=1S/C57H47N3/c1-42-30-32-49(33-31-42)58(52-34-36-54(45-20-8-4-9-21-45)56(40-52)59(47-24-12-6-13-25-47)50-28-16-18-43(2)38-50)53-35-37-55(46-22-10-5-11-23-46)57(41-53)60(48-26-14-7-15-27-48)51-29-17-19-44(3)39-51/h4-41H,1-3H3. The van der Waals surface area contributed by atoms with Crippen LogP contribution in [0.1, 0.15) is 16.7 Å². The van der Waals surface area contributed by atoms with Crippen LogP contribution in [0.2, 0.25) is 0 Å². The van der Waals surface area contributed by atoms with E-state index in [2.05, 4.69) is 266 Å². The molecule has 0 amide bonds. The lowest BCUT2D eigenvalue weighted by atomic mass is 9.99. The van der Waals surface area contributed by atoms with Gasteiger partial charge in [0.1, 0.15) is 0 Å². The summed E-state index contributed by atoms with van der Waals surface area (Å²) in [5.74, 6) is 0. The zero-order chi connectivity index (χ0) is 40.8. The van der Waals surface area contributed by atoms with E-state index in [-0.39, 0.29) is 0 Å². The molecule has 0 saturated heterocycles. The van der Waals surface area contributed by atoms with Gasteiger partial charge in [0.05, 0.1) is 11.4 Å². The topological polar surface area (TPSA) is 9.72 Å². The Morgan fingerprint density at radius 2 is 0.567 bits per heavy atom. The summed E-state index contributed by atoms with van der Waals surface area (Å²) in [5, 5.41) is 0. The summed E-state index contributed by atoms with van der Waals surface area (Å²) < 4.78 is 0. The first-order chi connectivity index (χ1) is 29.5. The predicted molar refractivity (Wildman–Crippen MR) is 256 cm³/mol. The number of hydrogen-bond acceptors (Lipinski definition) is 3. The molecule has 290 valence electrons. The summed E-state index contributed by atoms with van der Waals surface area (Å²) >= 11 is 0. The molecule has 0 N–H and O–H groups in total. The van der Waals surface area contributed by atoms with E-state index in [0.717, 1.165) is 73.4 Å². The Morgan fingerprint density at radius 1 is 0.233 bits per heavy atom. The molecule has 0 heterocycles. The van der Waals surface area contributed by atoms with E-state index in [9.17, 15) is 0 Å². The molecule has 9 aromatic carbocycles. The molecule has 0 unspecified atom stereocenters. The van der Waals surface area contributed by atoms with E-state index in [1.54, 1.807) is 0 Å². The highest BCUT2D eigenvalue weighted by Gasteiger charge is 2.24. The molecule has 0 saturated carbocycles. The maximum Gasteiger partial charge on any atom is 0.0560 e. The van der Waals surface area contributed by atoms with Gasteiger partial charge >= 0.3 is 0 Å².